The molecule has 1 aromatic heterocycles. The summed E-state index contributed by atoms with van der Waals surface area (Å²) in [4.78, 5) is 57.7. The molecule has 8 N–H and O–H groups in total. The molecule has 0 unspecified atom stereocenters. The van der Waals surface area contributed by atoms with Crippen molar-refractivity contribution in [3.05, 3.63) is 85.6 Å². The summed E-state index contributed by atoms with van der Waals surface area (Å²) in [6, 6.07) is 13.4. The average molecular weight is 657 g/mol. The van der Waals surface area contributed by atoms with Crippen molar-refractivity contribution in [2.45, 2.75) is 38.4 Å². The van der Waals surface area contributed by atoms with Gasteiger partial charge in [0.05, 0.1) is 16.3 Å². The van der Waals surface area contributed by atoms with Gasteiger partial charge in [-0.15, -0.1) is 11.3 Å². The van der Waals surface area contributed by atoms with Gasteiger partial charge in [0.25, 0.3) is 17.7 Å². The van der Waals surface area contributed by atoms with Gasteiger partial charge in [-0.25, -0.2) is 4.79 Å². The molecule has 236 valence electrons. The first-order valence-electron chi connectivity index (χ1n) is 12.7. The van der Waals surface area contributed by atoms with Crippen molar-refractivity contribution in [3.8, 4) is 0 Å². The molecule has 2 aromatic carbocycles. The second-order valence-electron chi connectivity index (χ2n) is 9.09. The zero-order valence-electron chi connectivity index (χ0n) is 22.9. The number of fused-ring (bicyclic) bond motifs is 1. The smallest absolute Gasteiger partial charge is 0.480 e. The van der Waals surface area contributed by atoms with Gasteiger partial charge in [-0.1, -0.05) is 35.9 Å². The van der Waals surface area contributed by atoms with Crippen LogP contribution in [0.5, 0.6) is 0 Å². The number of halogens is 4. The molecular formula is C28H28ClF3N4O7S. The first-order valence-corrected chi connectivity index (χ1v) is 13.9. The van der Waals surface area contributed by atoms with Crippen LogP contribution in [0.1, 0.15) is 59.2 Å². The number of carbonyl (C=O) groups is 5. The predicted octanol–water partition coefficient (Wildman–Crippen LogP) is 3.99. The van der Waals surface area contributed by atoms with Gasteiger partial charge in [0.15, 0.2) is 0 Å². The lowest BCUT2D eigenvalue weighted by Crippen LogP contribution is -2.36. The van der Waals surface area contributed by atoms with E-state index < -0.39 is 42.4 Å². The number of thiophene rings is 1. The number of carboxylic acid groups (broad SMARTS) is 2. The standard InChI is InChI=1S/C16H15ClN2O3.C10H12N2O2S.C2HF3O2/c17-13-6-1-2-7-14(13)19(10-15(20)21)16(22)12-5-3-4-11(8-12)9-18;11-9(13)7-5-3-1-2-4-6(5)15-8(7)10(12)14;3-2(4,5)1(6)7/h1-8H,9-10,18H2,(H,20,21);1-4H2,(H2,11,13)(H2,12,14);(H,6,7). The maximum atomic E-state index is 12.7. The number of aliphatic carboxylic acids is 2. The van der Waals surface area contributed by atoms with Gasteiger partial charge in [0.1, 0.15) is 11.4 Å². The quantitative estimate of drug-likeness (QED) is 0.251. The van der Waals surface area contributed by atoms with Crippen LogP contribution in [0.15, 0.2) is 48.5 Å². The summed E-state index contributed by atoms with van der Waals surface area (Å²) in [5.41, 5.74) is 18.9. The van der Waals surface area contributed by atoms with E-state index >= 15 is 0 Å². The minimum atomic E-state index is -5.08. The van der Waals surface area contributed by atoms with Crippen LogP contribution in [0.4, 0.5) is 18.9 Å². The molecule has 0 saturated heterocycles. The van der Waals surface area contributed by atoms with Gasteiger partial charge >= 0.3 is 18.1 Å². The van der Waals surface area contributed by atoms with Crippen LogP contribution in [0, 0.1) is 0 Å². The SMILES string of the molecule is NC(=O)c1sc2c(c1C(N)=O)CCCC2.NCc1cccc(C(=O)N(CC(=O)O)c2ccccc2Cl)c1.O=C(O)C(F)(F)F. The van der Waals surface area contributed by atoms with Crippen molar-refractivity contribution >= 4 is 58.3 Å². The number of nitrogens with zero attached hydrogens (tertiary/aromatic N) is 1. The second kappa shape index (κ2) is 15.8. The number of alkyl halides is 3. The van der Waals surface area contributed by atoms with Crippen LogP contribution < -0.4 is 22.1 Å². The molecule has 1 aliphatic carbocycles. The summed E-state index contributed by atoms with van der Waals surface area (Å²) in [5, 5.41) is 16.5. The minimum Gasteiger partial charge on any atom is -0.480 e. The van der Waals surface area contributed by atoms with Gasteiger partial charge in [-0.3, -0.25) is 24.1 Å². The van der Waals surface area contributed by atoms with Crippen LogP contribution in [0.2, 0.25) is 5.02 Å². The van der Waals surface area contributed by atoms with E-state index in [0.29, 0.717) is 33.3 Å². The highest BCUT2D eigenvalue weighted by atomic mass is 35.5. The van der Waals surface area contributed by atoms with Crippen molar-refractivity contribution in [2.24, 2.45) is 17.2 Å². The van der Waals surface area contributed by atoms with E-state index in [9.17, 15) is 32.3 Å². The van der Waals surface area contributed by atoms with E-state index in [1.807, 2.05) is 0 Å². The third kappa shape index (κ3) is 9.79. The van der Waals surface area contributed by atoms with Gasteiger partial charge < -0.3 is 27.4 Å². The molecule has 1 aliphatic rings. The Morgan fingerprint density at radius 3 is 2.07 bits per heavy atom. The molecule has 0 bridgehead atoms. The number of hydrogen-bond acceptors (Lipinski definition) is 7. The first kappa shape index (κ1) is 35.7. The summed E-state index contributed by atoms with van der Waals surface area (Å²) in [7, 11) is 0. The fourth-order valence-electron chi connectivity index (χ4n) is 4.06. The lowest BCUT2D eigenvalue weighted by atomic mass is 9.94. The van der Waals surface area contributed by atoms with Gasteiger partial charge in [-0.05, 0) is 61.1 Å². The molecule has 44 heavy (non-hydrogen) atoms. The van der Waals surface area contributed by atoms with Gasteiger partial charge in [-0.2, -0.15) is 13.2 Å². The number of aryl methyl sites for hydroxylation is 1. The van der Waals surface area contributed by atoms with Gasteiger partial charge in [0.2, 0.25) is 0 Å². The number of anilines is 1. The number of carboxylic acids is 2. The highest BCUT2D eigenvalue weighted by molar-refractivity contribution is 7.14. The highest BCUT2D eigenvalue weighted by Gasteiger charge is 2.38. The molecule has 0 aliphatic heterocycles. The van der Waals surface area contributed by atoms with Crippen LogP contribution >= 0.6 is 22.9 Å². The predicted molar refractivity (Wildman–Crippen MR) is 157 cm³/mol. The molecule has 0 atom stereocenters. The molecule has 1 heterocycles. The maximum absolute atomic E-state index is 12.7. The second-order valence-corrected chi connectivity index (χ2v) is 10.6. The highest BCUT2D eigenvalue weighted by Crippen LogP contribution is 2.34. The Balaban J connectivity index is 0.000000264. The van der Waals surface area contributed by atoms with Crippen LogP contribution in [0.3, 0.4) is 0 Å². The third-order valence-corrected chi connectivity index (χ3v) is 7.60. The average Bonchev–Trinajstić information content (AvgIpc) is 3.37. The fraction of sp³-hybridized carbons (Fsp3) is 0.250. The molecule has 4 rings (SSSR count). The Morgan fingerprint density at radius 2 is 1.55 bits per heavy atom. The largest absolute Gasteiger partial charge is 0.490 e. The van der Waals surface area contributed by atoms with Crippen molar-refractivity contribution < 1.29 is 47.4 Å². The van der Waals surface area contributed by atoms with Crippen molar-refractivity contribution in [2.75, 3.05) is 11.4 Å². The first-order chi connectivity index (χ1) is 20.6. The summed E-state index contributed by atoms with van der Waals surface area (Å²) in [5.74, 6) is -5.41. The summed E-state index contributed by atoms with van der Waals surface area (Å²) >= 11 is 7.41. The Bertz CT molecular complexity index is 1550. The Hall–Kier alpha value is -4.47. The zero-order valence-corrected chi connectivity index (χ0v) is 24.5. The Kier molecular flexibility index (Phi) is 12.9. The molecule has 11 nitrogen and oxygen atoms in total. The van der Waals surface area contributed by atoms with Crippen LogP contribution in [-0.2, 0) is 29.0 Å². The molecule has 16 heteroatoms. The lowest BCUT2D eigenvalue weighted by molar-refractivity contribution is -0.192. The number of nitrogens with two attached hydrogens (primary N) is 3. The number of hydrogen-bond donors (Lipinski definition) is 5. The van der Waals surface area contributed by atoms with Crippen molar-refractivity contribution in [3.63, 3.8) is 0 Å². The van der Waals surface area contributed by atoms with E-state index in [2.05, 4.69) is 0 Å². The van der Waals surface area contributed by atoms with E-state index in [-0.39, 0.29) is 0 Å². The minimum absolute atomic E-state index is 0.298. The monoisotopic (exact) mass is 656 g/mol. The van der Waals surface area contributed by atoms with Crippen LogP contribution in [-0.4, -0.2) is 52.6 Å². The molecule has 0 fully saturated rings. The van der Waals surface area contributed by atoms with Crippen LogP contribution in [0.25, 0.3) is 0 Å². The molecule has 0 saturated carbocycles. The van der Waals surface area contributed by atoms with Crippen molar-refractivity contribution in [1.29, 1.82) is 0 Å². The fourth-order valence-corrected chi connectivity index (χ4v) is 5.54. The zero-order chi connectivity index (χ0) is 33.2. The number of amides is 3. The number of para-hydroxylation sites is 1. The number of benzene rings is 2. The lowest BCUT2D eigenvalue weighted by Gasteiger charge is -2.22. The maximum Gasteiger partial charge on any atom is 0.490 e. The molecule has 0 radical (unpaired) electrons. The van der Waals surface area contributed by atoms with E-state index in [1.54, 1.807) is 48.5 Å². The van der Waals surface area contributed by atoms with E-state index in [0.717, 1.165) is 46.6 Å². The Morgan fingerprint density at radius 1 is 0.932 bits per heavy atom. The van der Waals surface area contributed by atoms with E-state index in [4.69, 9.17) is 43.8 Å². The molecule has 3 amide bonds. The number of primary amides is 2. The Labute approximate surface area is 258 Å². The number of rotatable bonds is 7. The molecule has 0 spiro atoms. The molecular weight excluding hydrogens is 629 g/mol. The van der Waals surface area contributed by atoms with Crippen molar-refractivity contribution in [1.82, 2.24) is 0 Å². The topological polar surface area (TPSA) is 207 Å². The summed E-state index contributed by atoms with van der Waals surface area (Å²) < 4.78 is 31.7. The van der Waals surface area contributed by atoms with Gasteiger partial charge in [0, 0.05) is 17.0 Å². The van der Waals surface area contributed by atoms with E-state index in [1.165, 1.54) is 11.3 Å². The third-order valence-electron chi connectivity index (χ3n) is 5.98. The molecule has 3 aromatic rings. The number of carbonyl (C=O) groups excluding carboxylic acids is 3. The summed E-state index contributed by atoms with van der Waals surface area (Å²) in [6.07, 6.45) is -1.18. The summed E-state index contributed by atoms with van der Waals surface area (Å²) in [6.45, 7) is -0.179. The normalized spacial score (nSPS) is 11.9.